The maximum absolute atomic E-state index is 12.6. The Morgan fingerprint density at radius 1 is 1.06 bits per heavy atom. The van der Waals surface area contributed by atoms with Crippen LogP contribution in [-0.2, 0) is 10.1 Å². The van der Waals surface area contributed by atoms with Crippen molar-refractivity contribution in [3.63, 3.8) is 0 Å². The first kappa shape index (κ1) is 15.3. The Labute approximate surface area is 102 Å². The molecule has 8 heteroatoms. The van der Waals surface area contributed by atoms with Crippen LogP contribution in [0.15, 0.2) is 35.2 Å². The minimum Gasteiger partial charge on any atom is -0.744 e. The van der Waals surface area contributed by atoms with Crippen molar-refractivity contribution in [3.8, 4) is 0 Å². The van der Waals surface area contributed by atoms with Gasteiger partial charge in [0.1, 0.15) is 10.1 Å². The second kappa shape index (κ2) is 5.55. The van der Waals surface area contributed by atoms with Crippen molar-refractivity contribution in [3.05, 3.63) is 35.9 Å². The molecular formula is C8H4F3LiO3S. The standard InChI is InChI=1S/C8H5F3O3S.Li/c9-7(8(10)11)5-1-3-6(4-2-5)15(12,13)14;/h1-4H,(H,12,13,14);/q;+1/p-1. The van der Waals surface area contributed by atoms with Gasteiger partial charge in [0.15, 0.2) is 5.83 Å². The Morgan fingerprint density at radius 3 is 1.81 bits per heavy atom. The monoisotopic (exact) mass is 244 g/mol. The Hall–Kier alpha value is -0.743. The van der Waals surface area contributed by atoms with E-state index in [1.807, 2.05) is 0 Å². The predicted molar refractivity (Wildman–Crippen MR) is 44.6 cm³/mol. The summed E-state index contributed by atoms with van der Waals surface area (Å²) < 4.78 is 67.4. The van der Waals surface area contributed by atoms with Crippen LogP contribution in [0.4, 0.5) is 13.2 Å². The second-order valence-corrected chi connectivity index (χ2v) is 3.93. The zero-order valence-electron chi connectivity index (χ0n) is 8.08. The first-order valence-corrected chi connectivity index (χ1v) is 5.00. The van der Waals surface area contributed by atoms with Gasteiger partial charge in [-0.05, 0) is 12.1 Å². The fourth-order valence-electron chi connectivity index (χ4n) is 0.877. The summed E-state index contributed by atoms with van der Waals surface area (Å²) in [4.78, 5) is -0.599. The Kier molecular flexibility index (Phi) is 5.29. The van der Waals surface area contributed by atoms with Crippen LogP contribution in [0, 0.1) is 0 Å². The molecule has 0 aromatic heterocycles. The van der Waals surface area contributed by atoms with Gasteiger partial charge in [0, 0.05) is 5.56 Å². The molecule has 1 rings (SSSR count). The van der Waals surface area contributed by atoms with E-state index < -0.39 is 32.5 Å². The number of rotatable bonds is 2. The van der Waals surface area contributed by atoms with E-state index in [-0.39, 0.29) is 18.9 Å². The average molecular weight is 244 g/mol. The molecule has 0 aliphatic rings. The summed E-state index contributed by atoms with van der Waals surface area (Å²) in [5.74, 6) is -1.75. The molecule has 0 spiro atoms. The molecule has 1 aromatic rings. The smallest absolute Gasteiger partial charge is 0.744 e. The second-order valence-electron chi connectivity index (χ2n) is 2.55. The quantitative estimate of drug-likeness (QED) is 0.502. The summed E-state index contributed by atoms with van der Waals surface area (Å²) in [5.41, 5.74) is -0.484. The van der Waals surface area contributed by atoms with E-state index >= 15 is 0 Å². The fraction of sp³-hybridized carbons (Fsp3) is 0. The Morgan fingerprint density at radius 2 is 1.50 bits per heavy atom. The fourth-order valence-corrected chi connectivity index (χ4v) is 1.35. The molecule has 0 radical (unpaired) electrons. The van der Waals surface area contributed by atoms with E-state index in [9.17, 15) is 26.1 Å². The molecule has 0 bridgehead atoms. The van der Waals surface area contributed by atoms with Crippen molar-refractivity contribution >= 4 is 15.9 Å². The van der Waals surface area contributed by atoms with Crippen LogP contribution in [-0.4, -0.2) is 13.0 Å². The first-order chi connectivity index (χ1) is 6.82. The Balaban J connectivity index is 0.00000225. The molecular weight excluding hydrogens is 240 g/mol. The molecule has 0 heterocycles. The first-order valence-electron chi connectivity index (χ1n) is 3.59. The summed E-state index contributed by atoms with van der Waals surface area (Å²) in [7, 11) is -4.64. The van der Waals surface area contributed by atoms with Crippen molar-refractivity contribution in [2.45, 2.75) is 4.90 Å². The maximum atomic E-state index is 12.6. The van der Waals surface area contributed by atoms with E-state index in [4.69, 9.17) is 0 Å². The molecule has 0 fully saturated rings. The van der Waals surface area contributed by atoms with Gasteiger partial charge in [0.05, 0.1) is 4.90 Å². The van der Waals surface area contributed by atoms with Gasteiger partial charge in [-0.1, -0.05) is 12.1 Å². The van der Waals surface area contributed by atoms with Crippen molar-refractivity contribution in [1.82, 2.24) is 0 Å². The molecule has 0 amide bonds. The number of hydrogen-bond donors (Lipinski definition) is 0. The van der Waals surface area contributed by atoms with Crippen molar-refractivity contribution in [2.24, 2.45) is 0 Å². The minimum atomic E-state index is -4.64. The van der Waals surface area contributed by atoms with Gasteiger partial charge in [0.2, 0.25) is 0 Å². The van der Waals surface area contributed by atoms with Gasteiger partial charge >= 0.3 is 24.9 Å². The normalized spacial score (nSPS) is 10.5. The van der Waals surface area contributed by atoms with E-state index in [1.165, 1.54) is 0 Å². The third-order valence-corrected chi connectivity index (χ3v) is 2.41. The largest absolute Gasteiger partial charge is 1.00 e. The molecule has 0 unspecified atom stereocenters. The predicted octanol–water partition coefficient (Wildman–Crippen LogP) is -0.871. The summed E-state index contributed by atoms with van der Waals surface area (Å²) in [6, 6.07) is 3.11. The van der Waals surface area contributed by atoms with E-state index in [0.29, 0.717) is 0 Å². The molecule has 0 saturated carbocycles. The topological polar surface area (TPSA) is 57.2 Å². The van der Waals surface area contributed by atoms with Gasteiger partial charge in [-0.25, -0.2) is 12.8 Å². The molecule has 82 valence electrons. The van der Waals surface area contributed by atoms with Gasteiger partial charge in [0.25, 0.3) is 0 Å². The summed E-state index contributed by atoms with van der Waals surface area (Å²) in [6.45, 7) is 0. The minimum absolute atomic E-state index is 0. The van der Waals surface area contributed by atoms with Crippen LogP contribution >= 0.6 is 0 Å². The van der Waals surface area contributed by atoms with Crippen LogP contribution in [0.1, 0.15) is 5.56 Å². The molecule has 16 heavy (non-hydrogen) atoms. The molecule has 0 aliphatic heterocycles. The summed E-state index contributed by atoms with van der Waals surface area (Å²) in [6.07, 6.45) is -2.51. The third-order valence-electron chi connectivity index (χ3n) is 1.56. The van der Waals surface area contributed by atoms with Crippen molar-refractivity contribution in [1.29, 1.82) is 0 Å². The summed E-state index contributed by atoms with van der Waals surface area (Å²) >= 11 is 0. The van der Waals surface area contributed by atoms with Crippen LogP contribution in [0.5, 0.6) is 0 Å². The van der Waals surface area contributed by atoms with Crippen molar-refractivity contribution < 1.29 is 45.0 Å². The molecule has 0 atom stereocenters. The molecule has 1 aromatic carbocycles. The molecule has 0 aliphatic carbocycles. The number of hydrogen-bond acceptors (Lipinski definition) is 3. The van der Waals surface area contributed by atoms with Crippen molar-refractivity contribution in [2.75, 3.05) is 0 Å². The van der Waals surface area contributed by atoms with Crippen LogP contribution in [0.25, 0.3) is 5.83 Å². The van der Waals surface area contributed by atoms with Gasteiger partial charge in [-0.15, -0.1) is 0 Å². The average Bonchev–Trinajstić information content (AvgIpc) is 2.15. The van der Waals surface area contributed by atoms with E-state index in [1.54, 1.807) is 0 Å². The number of halogens is 3. The summed E-state index contributed by atoms with van der Waals surface area (Å²) in [5, 5.41) is 0. The maximum Gasteiger partial charge on any atom is 1.00 e. The molecule has 3 nitrogen and oxygen atoms in total. The van der Waals surface area contributed by atoms with Gasteiger partial charge < -0.3 is 4.55 Å². The van der Waals surface area contributed by atoms with E-state index in [0.717, 1.165) is 24.3 Å². The van der Waals surface area contributed by atoms with Gasteiger partial charge in [-0.2, -0.15) is 8.78 Å². The number of benzene rings is 1. The molecule has 0 saturated heterocycles. The van der Waals surface area contributed by atoms with E-state index in [2.05, 4.69) is 0 Å². The SMILES string of the molecule is O=S(=O)([O-])c1ccc(C(F)=C(F)F)cc1.[Li+]. The van der Waals surface area contributed by atoms with Gasteiger partial charge in [-0.3, -0.25) is 0 Å². The van der Waals surface area contributed by atoms with Crippen LogP contribution in [0.2, 0.25) is 0 Å². The zero-order chi connectivity index (χ0) is 11.6. The third kappa shape index (κ3) is 3.68. The molecule has 0 N–H and O–H groups in total. The van der Waals surface area contributed by atoms with Crippen LogP contribution in [0.3, 0.4) is 0 Å². The van der Waals surface area contributed by atoms with Crippen LogP contribution < -0.4 is 18.9 Å². The Bertz CT molecular complexity index is 492. The zero-order valence-corrected chi connectivity index (χ0v) is 8.89.